The molecule has 0 radical (unpaired) electrons. The molecule has 0 unspecified atom stereocenters. The highest BCUT2D eigenvalue weighted by Crippen LogP contribution is 2.52. The molecule has 3 aliphatic rings. The minimum atomic E-state index is -0.379. The number of pyridine rings is 1. The first kappa shape index (κ1) is 20.5. The van der Waals surface area contributed by atoms with E-state index in [9.17, 15) is 0 Å². The summed E-state index contributed by atoms with van der Waals surface area (Å²) in [5, 5.41) is 9.26. The highest BCUT2D eigenvalue weighted by atomic mass is 32.2. The summed E-state index contributed by atoms with van der Waals surface area (Å²) in [4.78, 5) is 4.86. The van der Waals surface area contributed by atoms with Gasteiger partial charge in [-0.05, 0) is 46.6 Å². The molecule has 30 heavy (non-hydrogen) atoms. The van der Waals surface area contributed by atoms with E-state index in [4.69, 9.17) is 14.3 Å². The summed E-state index contributed by atoms with van der Waals surface area (Å²) >= 11 is 2.02. The lowest BCUT2D eigenvalue weighted by atomic mass is 9.80. The van der Waals surface area contributed by atoms with Gasteiger partial charge in [0.15, 0.2) is 0 Å². The van der Waals surface area contributed by atoms with Gasteiger partial charge in [0, 0.05) is 35.1 Å². The smallest absolute Gasteiger partial charge is 0.399 e. The van der Waals surface area contributed by atoms with Gasteiger partial charge in [-0.25, -0.2) is 0 Å². The largest absolute Gasteiger partial charge is 0.496 e. The van der Waals surface area contributed by atoms with Crippen LogP contribution in [0.15, 0.2) is 18.3 Å². The van der Waals surface area contributed by atoms with Crippen LogP contribution in [0.4, 0.5) is 0 Å². The number of aromatic nitrogens is 4. The molecule has 0 aromatic carbocycles. The van der Waals surface area contributed by atoms with E-state index in [0.29, 0.717) is 0 Å². The molecule has 0 atom stereocenters. The van der Waals surface area contributed by atoms with Gasteiger partial charge in [0.2, 0.25) is 0 Å². The molecule has 2 aliphatic heterocycles. The fourth-order valence-electron chi connectivity index (χ4n) is 4.43. The average molecular weight is 426 g/mol. The van der Waals surface area contributed by atoms with Crippen molar-refractivity contribution in [3.8, 4) is 0 Å². The van der Waals surface area contributed by atoms with Crippen LogP contribution in [0.2, 0.25) is 0 Å². The molecule has 1 aliphatic carbocycles. The second kappa shape index (κ2) is 6.56. The van der Waals surface area contributed by atoms with Crippen LogP contribution in [0.3, 0.4) is 0 Å². The summed E-state index contributed by atoms with van der Waals surface area (Å²) in [5.41, 5.74) is 1.25. The topological polar surface area (TPSA) is 62.1 Å². The summed E-state index contributed by atoms with van der Waals surface area (Å²) in [6.07, 6.45) is 5.01. The molecule has 0 amide bonds. The molecule has 0 spiro atoms. The first-order valence-electron chi connectivity index (χ1n) is 10.9. The molecule has 2 aromatic rings. The molecule has 5 rings (SSSR count). The van der Waals surface area contributed by atoms with Crippen molar-refractivity contribution in [1.29, 1.82) is 0 Å². The first-order chi connectivity index (χ1) is 14.0. The predicted octanol–water partition coefficient (Wildman–Crippen LogP) is 3.12. The van der Waals surface area contributed by atoms with Crippen molar-refractivity contribution in [2.45, 2.75) is 88.7 Å². The molecule has 160 valence electrons. The second-order valence-corrected chi connectivity index (χ2v) is 12.3. The highest BCUT2D eigenvalue weighted by Gasteiger charge is 2.53. The van der Waals surface area contributed by atoms with Crippen molar-refractivity contribution < 1.29 is 9.31 Å². The van der Waals surface area contributed by atoms with Gasteiger partial charge in [-0.15, -0.1) is 10.2 Å². The molecule has 4 heterocycles. The Bertz CT molecular complexity index is 950. The molecule has 1 saturated heterocycles. The fraction of sp³-hybridized carbons (Fsp3) is 0.682. The standard InChI is InChI=1S/C22H31BN4O2S/c1-19(2)13-17-25-26-18(27(17)11-12-30-19)22(9-10-22)16-8-7-15(14-24-16)23-28-20(3,4)21(5,6)29-23/h7-8,14H,9-13H2,1-6H3. The summed E-state index contributed by atoms with van der Waals surface area (Å²) in [7, 11) is -0.379. The first-order valence-corrected chi connectivity index (χ1v) is 11.9. The Morgan fingerprint density at radius 3 is 2.30 bits per heavy atom. The molecule has 2 fully saturated rings. The predicted molar refractivity (Wildman–Crippen MR) is 120 cm³/mol. The van der Waals surface area contributed by atoms with Crippen molar-refractivity contribution in [2.75, 3.05) is 5.75 Å². The molecule has 0 bridgehead atoms. The number of fused-ring (bicyclic) bond motifs is 1. The van der Waals surface area contributed by atoms with E-state index in [1.54, 1.807) is 0 Å². The van der Waals surface area contributed by atoms with Crippen molar-refractivity contribution in [2.24, 2.45) is 0 Å². The maximum absolute atomic E-state index is 6.18. The second-order valence-electron chi connectivity index (χ2n) is 10.5. The van der Waals surface area contributed by atoms with Crippen LogP contribution in [0, 0.1) is 0 Å². The number of nitrogens with zero attached hydrogens (tertiary/aromatic N) is 4. The van der Waals surface area contributed by atoms with Gasteiger partial charge in [0.25, 0.3) is 0 Å². The van der Waals surface area contributed by atoms with Crippen LogP contribution >= 0.6 is 11.8 Å². The zero-order valence-electron chi connectivity index (χ0n) is 18.9. The van der Waals surface area contributed by atoms with E-state index in [1.807, 2.05) is 18.0 Å². The van der Waals surface area contributed by atoms with E-state index in [-0.39, 0.29) is 28.5 Å². The molecule has 2 aromatic heterocycles. The summed E-state index contributed by atoms with van der Waals surface area (Å²) in [6.45, 7) is 13.9. The van der Waals surface area contributed by atoms with Crippen LogP contribution in [-0.2, 0) is 27.7 Å². The van der Waals surface area contributed by atoms with Gasteiger partial charge in [0.05, 0.1) is 22.3 Å². The van der Waals surface area contributed by atoms with Gasteiger partial charge in [0.1, 0.15) is 11.6 Å². The third-order valence-electron chi connectivity index (χ3n) is 7.20. The lowest BCUT2D eigenvalue weighted by Gasteiger charge is -2.32. The molecule has 6 nitrogen and oxygen atoms in total. The maximum atomic E-state index is 6.18. The Kier molecular flexibility index (Phi) is 4.49. The number of rotatable bonds is 3. The van der Waals surface area contributed by atoms with E-state index < -0.39 is 0 Å². The number of hydrogen-bond acceptors (Lipinski definition) is 6. The van der Waals surface area contributed by atoms with E-state index in [2.05, 4.69) is 68.4 Å². The quantitative estimate of drug-likeness (QED) is 0.703. The van der Waals surface area contributed by atoms with Crippen molar-refractivity contribution >= 4 is 24.3 Å². The van der Waals surface area contributed by atoms with Crippen molar-refractivity contribution in [3.05, 3.63) is 35.7 Å². The zero-order valence-corrected chi connectivity index (χ0v) is 19.7. The average Bonchev–Trinajstić information content (AvgIpc) is 3.35. The van der Waals surface area contributed by atoms with Gasteiger partial charge in [-0.3, -0.25) is 4.98 Å². The van der Waals surface area contributed by atoms with Crippen LogP contribution in [0.5, 0.6) is 0 Å². The number of thioether (sulfide) groups is 1. The molecular formula is C22H31BN4O2S. The minimum Gasteiger partial charge on any atom is -0.399 e. The van der Waals surface area contributed by atoms with Gasteiger partial charge in [-0.2, -0.15) is 11.8 Å². The van der Waals surface area contributed by atoms with E-state index in [1.165, 1.54) is 0 Å². The Balaban J connectivity index is 1.42. The normalized spacial score (nSPS) is 25.6. The third-order valence-corrected chi connectivity index (χ3v) is 8.51. The molecule has 1 saturated carbocycles. The van der Waals surface area contributed by atoms with Gasteiger partial charge in [-0.1, -0.05) is 19.9 Å². The lowest BCUT2D eigenvalue weighted by molar-refractivity contribution is 0.00578. The van der Waals surface area contributed by atoms with Gasteiger partial charge >= 0.3 is 7.12 Å². The SMILES string of the molecule is CC1(C)Cc2nnc(C3(c4ccc(B5OC(C)(C)C(C)(C)O5)cn4)CC3)n2CCS1. The van der Waals surface area contributed by atoms with E-state index in [0.717, 1.165) is 54.4 Å². The summed E-state index contributed by atoms with van der Waals surface area (Å²) in [5.74, 6) is 3.29. The van der Waals surface area contributed by atoms with Crippen LogP contribution < -0.4 is 5.46 Å². The van der Waals surface area contributed by atoms with Crippen LogP contribution in [0.1, 0.15) is 71.7 Å². The fourth-order valence-corrected chi connectivity index (χ4v) is 5.48. The Labute approximate surface area is 183 Å². The molecular weight excluding hydrogens is 395 g/mol. The zero-order chi connectivity index (χ0) is 21.4. The third kappa shape index (κ3) is 3.23. The van der Waals surface area contributed by atoms with Gasteiger partial charge < -0.3 is 13.9 Å². The molecule has 0 N–H and O–H groups in total. The summed E-state index contributed by atoms with van der Waals surface area (Å²) < 4.78 is 14.9. The van der Waals surface area contributed by atoms with Crippen molar-refractivity contribution in [3.63, 3.8) is 0 Å². The highest BCUT2D eigenvalue weighted by molar-refractivity contribution is 8.00. The van der Waals surface area contributed by atoms with Crippen molar-refractivity contribution in [1.82, 2.24) is 19.7 Å². The minimum absolute atomic E-state index is 0.0984. The molecule has 8 heteroatoms. The maximum Gasteiger partial charge on any atom is 0.496 e. The Morgan fingerprint density at radius 1 is 1.00 bits per heavy atom. The van der Waals surface area contributed by atoms with E-state index >= 15 is 0 Å². The number of hydrogen-bond donors (Lipinski definition) is 0. The monoisotopic (exact) mass is 426 g/mol. The van der Waals surface area contributed by atoms with Crippen LogP contribution in [0.25, 0.3) is 0 Å². The Hall–Kier alpha value is -1.38. The summed E-state index contributed by atoms with van der Waals surface area (Å²) in [6, 6.07) is 4.23. The Morgan fingerprint density at radius 2 is 1.70 bits per heavy atom. The lowest BCUT2D eigenvalue weighted by Crippen LogP contribution is -2.41. The van der Waals surface area contributed by atoms with Crippen LogP contribution in [-0.4, -0.2) is 48.6 Å².